The van der Waals surface area contributed by atoms with Gasteiger partial charge in [-0.05, 0) is 36.7 Å². The Bertz CT molecular complexity index is 429. The average Bonchev–Trinajstić information content (AvgIpc) is 2.56. The van der Waals surface area contributed by atoms with E-state index < -0.39 is 11.2 Å². The molecule has 1 heterocycles. The molecular formula is C12H15NO2S. The van der Waals surface area contributed by atoms with Gasteiger partial charge in [0.15, 0.2) is 4.90 Å². The quantitative estimate of drug-likeness (QED) is 0.736. The molecule has 0 saturated heterocycles. The maximum Gasteiger partial charge on any atom is 0.254 e. The van der Waals surface area contributed by atoms with Gasteiger partial charge in [0.1, 0.15) is 6.26 Å². The second-order valence-electron chi connectivity index (χ2n) is 4.30. The molecule has 2 rings (SSSR count). The average molecular weight is 237 g/mol. The molecule has 1 aromatic carbocycles. The van der Waals surface area contributed by atoms with Gasteiger partial charge in [0.25, 0.3) is 5.91 Å². The van der Waals surface area contributed by atoms with E-state index in [0.29, 0.717) is 12.1 Å². The van der Waals surface area contributed by atoms with Gasteiger partial charge in [-0.25, -0.2) is 0 Å². The molecule has 0 bridgehead atoms. The van der Waals surface area contributed by atoms with Gasteiger partial charge in [0, 0.05) is 24.2 Å². The fraction of sp³-hybridized carbons (Fsp3) is 0.417. The third-order valence-corrected chi connectivity index (χ3v) is 3.79. The highest BCUT2D eigenvalue weighted by atomic mass is 32.2. The van der Waals surface area contributed by atoms with Crippen molar-refractivity contribution in [2.75, 3.05) is 6.26 Å². The highest BCUT2D eigenvalue weighted by Gasteiger charge is 2.29. The largest absolute Gasteiger partial charge is 0.612 e. The number of carbonyl (C=O) groups is 1. The first kappa shape index (κ1) is 11.5. The summed E-state index contributed by atoms with van der Waals surface area (Å²) >= 11 is -1.03. The van der Waals surface area contributed by atoms with Crippen LogP contribution in [-0.4, -0.2) is 27.7 Å². The molecule has 0 saturated carbocycles. The third-order valence-electron chi connectivity index (χ3n) is 2.87. The van der Waals surface area contributed by atoms with Crippen molar-refractivity contribution in [1.82, 2.24) is 4.90 Å². The van der Waals surface area contributed by atoms with E-state index in [4.69, 9.17) is 0 Å². The molecular weight excluding hydrogens is 222 g/mol. The lowest BCUT2D eigenvalue weighted by Crippen LogP contribution is -2.30. The van der Waals surface area contributed by atoms with E-state index in [-0.39, 0.29) is 11.9 Å². The monoisotopic (exact) mass is 237 g/mol. The number of nitrogens with zero attached hydrogens (tertiary/aromatic N) is 1. The van der Waals surface area contributed by atoms with E-state index in [9.17, 15) is 9.35 Å². The molecule has 0 spiro atoms. The van der Waals surface area contributed by atoms with Crippen molar-refractivity contribution in [3.8, 4) is 0 Å². The van der Waals surface area contributed by atoms with Gasteiger partial charge in [-0.3, -0.25) is 4.79 Å². The summed E-state index contributed by atoms with van der Waals surface area (Å²) in [5, 5.41) is 0. The third kappa shape index (κ3) is 1.83. The fourth-order valence-corrected chi connectivity index (χ4v) is 2.44. The number of fused-ring (bicyclic) bond motifs is 1. The summed E-state index contributed by atoms with van der Waals surface area (Å²) in [6.07, 6.45) is 1.63. The molecule has 0 fully saturated rings. The molecule has 1 aliphatic rings. The zero-order chi connectivity index (χ0) is 11.9. The van der Waals surface area contributed by atoms with Crippen molar-refractivity contribution < 1.29 is 9.35 Å². The van der Waals surface area contributed by atoms with Crippen molar-refractivity contribution in [3.05, 3.63) is 29.3 Å². The van der Waals surface area contributed by atoms with E-state index in [1.165, 1.54) is 0 Å². The maximum absolute atomic E-state index is 12.0. The predicted octanol–water partition coefficient (Wildman–Crippen LogP) is 1.79. The van der Waals surface area contributed by atoms with Gasteiger partial charge in [-0.15, -0.1) is 0 Å². The van der Waals surface area contributed by atoms with Gasteiger partial charge in [-0.1, -0.05) is 6.07 Å². The van der Waals surface area contributed by atoms with Crippen LogP contribution in [0.25, 0.3) is 0 Å². The molecule has 16 heavy (non-hydrogen) atoms. The Morgan fingerprint density at radius 2 is 2.12 bits per heavy atom. The lowest BCUT2D eigenvalue weighted by atomic mass is 10.1. The summed E-state index contributed by atoms with van der Waals surface area (Å²) in [4.78, 5) is 14.6. The summed E-state index contributed by atoms with van der Waals surface area (Å²) in [5.74, 6) is 0.0531. The molecule has 3 nitrogen and oxygen atoms in total. The van der Waals surface area contributed by atoms with Crippen LogP contribution >= 0.6 is 0 Å². The highest BCUT2D eigenvalue weighted by molar-refractivity contribution is 7.90. The van der Waals surface area contributed by atoms with Crippen LogP contribution in [0.4, 0.5) is 0 Å². The summed E-state index contributed by atoms with van der Waals surface area (Å²) in [7, 11) is 0. The Morgan fingerprint density at radius 3 is 2.69 bits per heavy atom. The lowest BCUT2D eigenvalue weighted by molar-refractivity contribution is 0.0730. The Morgan fingerprint density at radius 1 is 1.44 bits per heavy atom. The van der Waals surface area contributed by atoms with Gasteiger partial charge >= 0.3 is 0 Å². The van der Waals surface area contributed by atoms with Crippen LogP contribution < -0.4 is 0 Å². The van der Waals surface area contributed by atoms with Gasteiger partial charge in [0.05, 0.1) is 0 Å². The molecule has 0 N–H and O–H groups in total. The van der Waals surface area contributed by atoms with E-state index in [1.807, 2.05) is 30.9 Å². The van der Waals surface area contributed by atoms with Crippen LogP contribution in [0.5, 0.6) is 0 Å². The van der Waals surface area contributed by atoms with Crippen molar-refractivity contribution in [3.63, 3.8) is 0 Å². The van der Waals surface area contributed by atoms with Crippen LogP contribution in [0.1, 0.15) is 29.8 Å². The van der Waals surface area contributed by atoms with Crippen molar-refractivity contribution in [1.29, 1.82) is 0 Å². The molecule has 0 radical (unpaired) electrons. The van der Waals surface area contributed by atoms with E-state index in [1.54, 1.807) is 12.3 Å². The van der Waals surface area contributed by atoms with Crippen molar-refractivity contribution >= 4 is 17.1 Å². The van der Waals surface area contributed by atoms with Crippen LogP contribution in [0, 0.1) is 0 Å². The molecule has 1 amide bonds. The van der Waals surface area contributed by atoms with E-state index >= 15 is 0 Å². The number of rotatable bonds is 2. The van der Waals surface area contributed by atoms with Crippen LogP contribution in [0.15, 0.2) is 23.1 Å². The minimum atomic E-state index is -1.03. The van der Waals surface area contributed by atoms with Gasteiger partial charge in [-0.2, -0.15) is 0 Å². The molecule has 0 aliphatic carbocycles. The van der Waals surface area contributed by atoms with Gasteiger partial charge in [0.2, 0.25) is 0 Å². The summed E-state index contributed by atoms with van der Waals surface area (Å²) < 4.78 is 11.4. The molecule has 1 atom stereocenters. The van der Waals surface area contributed by atoms with E-state index in [0.717, 1.165) is 10.5 Å². The van der Waals surface area contributed by atoms with Crippen LogP contribution in [-0.2, 0) is 17.7 Å². The zero-order valence-corrected chi connectivity index (χ0v) is 10.5. The maximum atomic E-state index is 12.0. The molecule has 1 unspecified atom stereocenters. The molecule has 1 aromatic rings. The van der Waals surface area contributed by atoms with Crippen LogP contribution in [0.3, 0.4) is 0 Å². The number of hydrogen-bond donors (Lipinski definition) is 0. The fourth-order valence-electron chi connectivity index (χ4n) is 1.90. The minimum absolute atomic E-state index is 0.0531. The highest BCUT2D eigenvalue weighted by Crippen LogP contribution is 2.26. The van der Waals surface area contributed by atoms with Crippen molar-refractivity contribution in [2.45, 2.75) is 31.3 Å². The second kappa shape index (κ2) is 4.11. The van der Waals surface area contributed by atoms with Crippen LogP contribution in [0.2, 0.25) is 0 Å². The number of benzene rings is 1. The normalized spacial score (nSPS) is 16.8. The Hall–Kier alpha value is -1.00. The first-order valence-electron chi connectivity index (χ1n) is 5.28. The number of hydrogen-bond acceptors (Lipinski definition) is 2. The Labute approximate surface area is 98.6 Å². The first-order valence-corrected chi connectivity index (χ1v) is 6.84. The number of amides is 1. The lowest BCUT2D eigenvalue weighted by Gasteiger charge is -2.19. The standard InChI is InChI=1S/C12H15NO2S/c1-8(2)13-7-9-4-5-10(16(3)15)6-11(9)12(13)14/h4-6,8H,7H2,1-3H3. The minimum Gasteiger partial charge on any atom is -0.612 e. The summed E-state index contributed by atoms with van der Waals surface area (Å²) in [5.41, 5.74) is 1.74. The molecule has 0 aromatic heterocycles. The Balaban J connectivity index is 2.38. The Kier molecular flexibility index (Phi) is 2.95. The smallest absolute Gasteiger partial charge is 0.254 e. The number of carbonyl (C=O) groups excluding carboxylic acids is 1. The predicted molar refractivity (Wildman–Crippen MR) is 63.8 cm³/mol. The molecule has 86 valence electrons. The van der Waals surface area contributed by atoms with Gasteiger partial charge < -0.3 is 9.45 Å². The zero-order valence-electron chi connectivity index (χ0n) is 9.69. The van der Waals surface area contributed by atoms with Crippen molar-refractivity contribution in [2.24, 2.45) is 0 Å². The first-order chi connectivity index (χ1) is 7.50. The SMILES string of the molecule is CC(C)N1Cc2ccc([S+](C)[O-])cc2C1=O. The van der Waals surface area contributed by atoms with E-state index in [2.05, 4.69) is 0 Å². The molecule has 1 aliphatic heterocycles. The summed E-state index contributed by atoms with van der Waals surface area (Å²) in [6, 6.07) is 5.71. The molecule has 4 heteroatoms. The second-order valence-corrected chi connectivity index (χ2v) is 5.68. The topological polar surface area (TPSA) is 43.4 Å². The summed E-state index contributed by atoms with van der Waals surface area (Å²) in [6.45, 7) is 4.67.